The molecule has 1 aromatic carbocycles. The van der Waals surface area contributed by atoms with Crippen molar-refractivity contribution in [3.63, 3.8) is 0 Å². The molecule has 9 heteroatoms. The number of nitrogens with zero attached hydrogens (tertiary/aromatic N) is 1. The summed E-state index contributed by atoms with van der Waals surface area (Å²) in [6.45, 7) is 2.70. The Labute approximate surface area is 169 Å². The van der Waals surface area contributed by atoms with Gasteiger partial charge in [-0.2, -0.15) is 4.31 Å². The number of methoxy groups -OCH3 is 1. The molecule has 1 amide bonds. The summed E-state index contributed by atoms with van der Waals surface area (Å²) in [6.07, 6.45) is 4.43. The number of aryl methyl sites for hydroxylation is 1. The van der Waals surface area contributed by atoms with E-state index in [1.165, 1.54) is 41.8 Å². The van der Waals surface area contributed by atoms with Crippen molar-refractivity contribution in [2.45, 2.75) is 24.7 Å². The molecular formula is C20H22N2O6S. The number of sulfonamides is 1. The molecular weight excluding hydrogens is 396 g/mol. The van der Waals surface area contributed by atoms with E-state index in [9.17, 15) is 18.0 Å². The van der Waals surface area contributed by atoms with Crippen LogP contribution in [0.1, 0.15) is 34.7 Å². The lowest BCUT2D eigenvalue weighted by Crippen LogP contribution is -2.27. The second-order valence-electron chi connectivity index (χ2n) is 6.57. The van der Waals surface area contributed by atoms with Crippen LogP contribution in [-0.2, 0) is 19.6 Å². The molecule has 154 valence electrons. The molecule has 2 heterocycles. The molecule has 0 saturated carbocycles. The first-order valence-electron chi connectivity index (χ1n) is 9.09. The summed E-state index contributed by atoms with van der Waals surface area (Å²) in [5, 5.41) is 2.65. The minimum Gasteiger partial charge on any atom is -0.465 e. The Hall–Kier alpha value is -2.91. The molecule has 0 atom stereocenters. The van der Waals surface area contributed by atoms with E-state index in [2.05, 4.69) is 10.1 Å². The van der Waals surface area contributed by atoms with E-state index in [4.69, 9.17) is 4.42 Å². The Balaban J connectivity index is 1.64. The molecule has 1 saturated heterocycles. The lowest BCUT2D eigenvalue weighted by molar-refractivity contribution is -0.111. The number of anilines is 1. The third-order valence-electron chi connectivity index (χ3n) is 4.57. The maximum absolute atomic E-state index is 12.5. The van der Waals surface area contributed by atoms with E-state index in [1.807, 2.05) is 0 Å². The van der Waals surface area contributed by atoms with Crippen LogP contribution in [0.5, 0.6) is 0 Å². The third-order valence-corrected chi connectivity index (χ3v) is 6.48. The average Bonchev–Trinajstić information content (AvgIpc) is 3.36. The van der Waals surface area contributed by atoms with Crippen LogP contribution in [-0.4, -0.2) is 44.8 Å². The summed E-state index contributed by atoms with van der Waals surface area (Å²) in [7, 11) is -2.21. The van der Waals surface area contributed by atoms with E-state index in [1.54, 1.807) is 19.1 Å². The molecule has 3 rings (SSSR count). The number of hydrogen-bond acceptors (Lipinski definition) is 6. The summed E-state index contributed by atoms with van der Waals surface area (Å²) in [5.41, 5.74) is 0.758. The van der Waals surface area contributed by atoms with Crippen molar-refractivity contribution in [3.8, 4) is 0 Å². The van der Waals surface area contributed by atoms with Gasteiger partial charge in [0.05, 0.1) is 12.0 Å². The van der Waals surface area contributed by atoms with Gasteiger partial charge < -0.3 is 14.5 Å². The highest BCUT2D eigenvalue weighted by Gasteiger charge is 2.26. The number of carbonyl (C=O) groups excluding carboxylic acids is 2. The van der Waals surface area contributed by atoms with Crippen molar-refractivity contribution in [3.05, 3.63) is 53.5 Å². The fourth-order valence-electron chi connectivity index (χ4n) is 3.03. The molecule has 8 nitrogen and oxygen atoms in total. The third kappa shape index (κ3) is 4.75. The zero-order valence-electron chi connectivity index (χ0n) is 16.2. The first-order valence-corrected chi connectivity index (χ1v) is 10.5. The standard InChI is InChI=1S/C20H22N2O6S/c1-14-18(20(24)27-2)13-16(28-14)7-10-19(23)21-15-5-8-17(9-6-15)29(25,26)22-11-3-4-12-22/h5-10,13H,3-4,11-12H2,1-2H3,(H,21,23)/b10-7+. The first kappa shape index (κ1) is 20.8. The average molecular weight is 418 g/mol. The fourth-order valence-corrected chi connectivity index (χ4v) is 4.55. The second-order valence-corrected chi connectivity index (χ2v) is 8.51. The smallest absolute Gasteiger partial charge is 0.341 e. The maximum atomic E-state index is 12.5. The predicted molar refractivity (Wildman–Crippen MR) is 107 cm³/mol. The first-order chi connectivity index (χ1) is 13.8. The van der Waals surface area contributed by atoms with Gasteiger partial charge in [0.2, 0.25) is 15.9 Å². The van der Waals surface area contributed by atoms with E-state index >= 15 is 0 Å². The molecule has 1 aliphatic heterocycles. The summed E-state index contributed by atoms with van der Waals surface area (Å²) >= 11 is 0. The van der Waals surface area contributed by atoms with Crippen LogP contribution in [0.2, 0.25) is 0 Å². The number of hydrogen-bond donors (Lipinski definition) is 1. The highest BCUT2D eigenvalue weighted by atomic mass is 32.2. The van der Waals surface area contributed by atoms with Crippen molar-refractivity contribution in [2.24, 2.45) is 0 Å². The molecule has 1 aliphatic rings. The Bertz CT molecular complexity index is 1030. The van der Waals surface area contributed by atoms with Gasteiger partial charge in [-0.25, -0.2) is 13.2 Å². The number of nitrogens with one attached hydrogen (secondary N) is 1. The normalized spacial score (nSPS) is 15.0. The molecule has 0 radical (unpaired) electrons. The number of benzene rings is 1. The zero-order valence-corrected chi connectivity index (χ0v) is 17.0. The lowest BCUT2D eigenvalue weighted by atomic mass is 10.2. The Kier molecular flexibility index (Phi) is 6.19. The summed E-state index contributed by atoms with van der Waals surface area (Å²) in [4.78, 5) is 23.9. The number of esters is 1. The number of carbonyl (C=O) groups is 2. The Morgan fingerprint density at radius 1 is 1.17 bits per heavy atom. The molecule has 1 aromatic heterocycles. The van der Waals surface area contributed by atoms with Crippen LogP contribution in [0.4, 0.5) is 5.69 Å². The van der Waals surface area contributed by atoms with Gasteiger partial charge in [0, 0.05) is 24.9 Å². The number of rotatable bonds is 6. The van der Waals surface area contributed by atoms with Gasteiger partial charge in [-0.05, 0) is 56.2 Å². The quantitative estimate of drug-likeness (QED) is 0.571. The number of furan rings is 1. The topological polar surface area (TPSA) is 106 Å². The van der Waals surface area contributed by atoms with Crippen molar-refractivity contribution >= 4 is 33.7 Å². The van der Waals surface area contributed by atoms with E-state index < -0.39 is 21.9 Å². The van der Waals surface area contributed by atoms with Gasteiger partial charge in [0.1, 0.15) is 17.1 Å². The van der Waals surface area contributed by atoms with Crippen LogP contribution in [0, 0.1) is 6.92 Å². The molecule has 0 aliphatic carbocycles. The SMILES string of the molecule is COC(=O)c1cc(/C=C/C(=O)Nc2ccc(S(=O)(=O)N3CCCC3)cc2)oc1C. The van der Waals surface area contributed by atoms with Gasteiger partial charge in [-0.15, -0.1) is 0 Å². The van der Waals surface area contributed by atoms with Gasteiger partial charge in [0.25, 0.3) is 0 Å². The van der Waals surface area contributed by atoms with Crippen molar-refractivity contribution in [1.82, 2.24) is 4.31 Å². The minimum absolute atomic E-state index is 0.203. The van der Waals surface area contributed by atoms with Gasteiger partial charge in [-0.1, -0.05) is 0 Å². The summed E-state index contributed by atoms with van der Waals surface area (Å²) in [5.74, 6) is -0.204. The van der Waals surface area contributed by atoms with Gasteiger partial charge >= 0.3 is 5.97 Å². The van der Waals surface area contributed by atoms with Crippen molar-refractivity contribution in [1.29, 1.82) is 0 Å². The maximum Gasteiger partial charge on any atom is 0.341 e. The molecule has 2 aromatic rings. The monoisotopic (exact) mass is 418 g/mol. The highest BCUT2D eigenvalue weighted by molar-refractivity contribution is 7.89. The Morgan fingerprint density at radius 2 is 1.83 bits per heavy atom. The van der Waals surface area contributed by atoms with Crippen LogP contribution >= 0.6 is 0 Å². The lowest BCUT2D eigenvalue weighted by Gasteiger charge is -2.15. The van der Waals surface area contributed by atoms with Crippen LogP contribution < -0.4 is 5.32 Å². The molecule has 0 unspecified atom stereocenters. The molecule has 1 fully saturated rings. The van der Waals surface area contributed by atoms with Gasteiger partial charge in [0.15, 0.2) is 0 Å². The van der Waals surface area contributed by atoms with Gasteiger partial charge in [-0.3, -0.25) is 4.79 Å². The summed E-state index contributed by atoms with van der Waals surface area (Å²) < 4.78 is 36.5. The minimum atomic E-state index is -3.48. The van der Waals surface area contributed by atoms with Crippen molar-refractivity contribution in [2.75, 3.05) is 25.5 Å². The second kappa shape index (κ2) is 8.62. The molecule has 0 spiro atoms. The van der Waals surface area contributed by atoms with Crippen molar-refractivity contribution < 1.29 is 27.2 Å². The van der Waals surface area contributed by atoms with Crippen LogP contribution in [0.3, 0.4) is 0 Å². The fraction of sp³-hybridized carbons (Fsp3) is 0.300. The largest absolute Gasteiger partial charge is 0.465 e. The van der Waals surface area contributed by atoms with E-state index in [-0.39, 0.29) is 4.90 Å². The number of amides is 1. The Morgan fingerprint density at radius 3 is 2.45 bits per heavy atom. The van der Waals surface area contributed by atoms with Crippen LogP contribution in [0.25, 0.3) is 6.08 Å². The number of ether oxygens (including phenoxy) is 1. The van der Waals surface area contributed by atoms with Crippen LogP contribution in [0.15, 0.2) is 45.7 Å². The molecule has 0 bridgehead atoms. The van der Waals surface area contributed by atoms with E-state index in [0.717, 1.165) is 12.8 Å². The molecule has 1 N–H and O–H groups in total. The zero-order chi connectivity index (χ0) is 21.0. The molecule has 29 heavy (non-hydrogen) atoms. The predicted octanol–water partition coefficient (Wildman–Crippen LogP) is 2.81. The highest BCUT2D eigenvalue weighted by Crippen LogP contribution is 2.22. The van der Waals surface area contributed by atoms with E-state index in [0.29, 0.717) is 35.9 Å². The summed E-state index contributed by atoms with van der Waals surface area (Å²) in [6, 6.07) is 7.53.